The van der Waals surface area contributed by atoms with Crippen LogP contribution in [0.1, 0.15) is 5.56 Å². The summed E-state index contributed by atoms with van der Waals surface area (Å²) in [5, 5.41) is 16.9. The highest BCUT2D eigenvalue weighted by atomic mass is 19.3. The molecule has 1 N–H and O–H groups in total. The van der Waals surface area contributed by atoms with E-state index in [-0.39, 0.29) is 5.75 Å². The maximum absolute atomic E-state index is 12.6. The van der Waals surface area contributed by atoms with E-state index in [4.69, 9.17) is 10.4 Å². The second-order valence-corrected chi connectivity index (χ2v) is 2.24. The van der Waals surface area contributed by atoms with Crippen LogP contribution in [0, 0.1) is 11.3 Å². The number of aromatic hydroxyl groups is 1. The van der Waals surface area contributed by atoms with E-state index in [2.05, 4.69) is 0 Å². The number of halogens is 2. The van der Waals surface area contributed by atoms with E-state index in [0.29, 0.717) is 0 Å². The van der Waals surface area contributed by atoms with Crippen molar-refractivity contribution in [2.45, 2.75) is 5.92 Å². The van der Waals surface area contributed by atoms with Crippen molar-refractivity contribution in [2.75, 3.05) is 0 Å². The average molecular weight is 169 g/mol. The lowest BCUT2D eigenvalue weighted by molar-refractivity contribution is 0.0610. The fourth-order valence-corrected chi connectivity index (χ4v) is 0.766. The largest absolute Gasteiger partial charge is 0.508 e. The number of benzene rings is 1. The van der Waals surface area contributed by atoms with Gasteiger partial charge in [-0.15, -0.1) is 0 Å². The molecule has 0 unspecified atom stereocenters. The highest BCUT2D eigenvalue weighted by molar-refractivity contribution is 5.32. The number of nitriles is 1. The molecule has 0 saturated carbocycles. The van der Waals surface area contributed by atoms with Crippen molar-refractivity contribution in [3.63, 3.8) is 0 Å². The van der Waals surface area contributed by atoms with Crippen molar-refractivity contribution in [1.82, 2.24) is 0 Å². The zero-order chi connectivity index (χ0) is 9.19. The van der Waals surface area contributed by atoms with Gasteiger partial charge in [-0.05, 0) is 12.1 Å². The number of alkyl halides is 2. The first-order valence-electron chi connectivity index (χ1n) is 3.15. The standard InChI is InChI=1S/C8H5F2NO/c9-8(10,5-11)6-2-1-3-7(12)4-6/h1-4,12H. The Hall–Kier alpha value is -1.63. The third-order valence-electron chi connectivity index (χ3n) is 1.35. The molecule has 4 heteroatoms. The lowest BCUT2D eigenvalue weighted by Crippen LogP contribution is -2.08. The molecule has 12 heavy (non-hydrogen) atoms. The van der Waals surface area contributed by atoms with Crippen LogP contribution >= 0.6 is 0 Å². The van der Waals surface area contributed by atoms with Gasteiger partial charge in [-0.1, -0.05) is 12.1 Å². The molecule has 1 aromatic carbocycles. The molecular formula is C8H5F2NO. The van der Waals surface area contributed by atoms with Gasteiger partial charge in [-0.2, -0.15) is 14.0 Å². The predicted octanol–water partition coefficient (Wildman–Crippen LogP) is 2.01. The summed E-state index contributed by atoms with van der Waals surface area (Å²) in [5.74, 6) is -3.80. The summed E-state index contributed by atoms with van der Waals surface area (Å²) in [6.45, 7) is 0. The fraction of sp³-hybridized carbons (Fsp3) is 0.125. The van der Waals surface area contributed by atoms with Crippen LogP contribution in [0.15, 0.2) is 24.3 Å². The number of hydrogen-bond donors (Lipinski definition) is 1. The van der Waals surface area contributed by atoms with E-state index in [1.54, 1.807) is 0 Å². The maximum atomic E-state index is 12.6. The van der Waals surface area contributed by atoms with E-state index in [1.807, 2.05) is 0 Å². The lowest BCUT2D eigenvalue weighted by atomic mass is 10.1. The number of nitrogens with zero attached hydrogens (tertiary/aromatic N) is 1. The summed E-state index contributed by atoms with van der Waals surface area (Å²) < 4.78 is 25.2. The van der Waals surface area contributed by atoms with Gasteiger partial charge in [0.15, 0.2) is 0 Å². The van der Waals surface area contributed by atoms with Gasteiger partial charge in [0.2, 0.25) is 0 Å². The van der Waals surface area contributed by atoms with Crippen molar-refractivity contribution in [1.29, 1.82) is 5.26 Å². The van der Waals surface area contributed by atoms with Gasteiger partial charge < -0.3 is 5.11 Å². The summed E-state index contributed by atoms with van der Waals surface area (Å²) >= 11 is 0. The minimum Gasteiger partial charge on any atom is -0.508 e. The molecule has 0 amide bonds. The molecule has 62 valence electrons. The van der Waals surface area contributed by atoms with Crippen LogP contribution in [0.25, 0.3) is 0 Å². The molecule has 0 aliphatic rings. The minimum absolute atomic E-state index is 0.276. The Morgan fingerprint density at radius 2 is 2.08 bits per heavy atom. The molecule has 0 atom stereocenters. The molecule has 0 aliphatic heterocycles. The molecule has 0 aliphatic carbocycles. The lowest BCUT2D eigenvalue weighted by Gasteiger charge is -2.06. The predicted molar refractivity (Wildman–Crippen MR) is 37.6 cm³/mol. The second kappa shape index (κ2) is 2.78. The topological polar surface area (TPSA) is 44.0 Å². The number of rotatable bonds is 1. The Balaban J connectivity index is 3.14. The van der Waals surface area contributed by atoms with E-state index in [1.165, 1.54) is 12.1 Å². The third kappa shape index (κ3) is 1.51. The van der Waals surface area contributed by atoms with Gasteiger partial charge in [0.05, 0.1) is 0 Å². The van der Waals surface area contributed by atoms with Crippen LogP contribution in [0.4, 0.5) is 8.78 Å². The Morgan fingerprint density at radius 3 is 2.58 bits per heavy atom. The van der Waals surface area contributed by atoms with Crippen LogP contribution in [-0.4, -0.2) is 5.11 Å². The van der Waals surface area contributed by atoms with Crippen LogP contribution in [0.5, 0.6) is 5.75 Å². The van der Waals surface area contributed by atoms with Crippen LogP contribution in [0.3, 0.4) is 0 Å². The fourth-order valence-electron chi connectivity index (χ4n) is 0.766. The molecule has 0 bridgehead atoms. The number of phenols is 1. The van der Waals surface area contributed by atoms with Gasteiger partial charge in [0.1, 0.15) is 11.8 Å². The molecule has 0 spiro atoms. The molecule has 1 aromatic rings. The monoisotopic (exact) mass is 169 g/mol. The first kappa shape index (κ1) is 8.47. The normalized spacial score (nSPS) is 10.8. The zero-order valence-electron chi connectivity index (χ0n) is 5.96. The van der Waals surface area contributed by atoms with Gasteiger partial charge in [-0.3, -0.25) is 0 Å². The second-order valence-electron chi connectivity index (χ2n) is 2.24. The van der Waals surface area contributed by atoms with Crippen LogP contribution in [-0.2, 0) is 5.92 Å². The summed E-state index contributed by atoms with van der Waals surface area (Å²) in [5.41, 5.74) is -0.495. The van der Waals surface area contributed by atoms with E-state index >= 15 is 0 Å². The van der Waals surface area contributed by atoms with E-state index < -0.39 is 11.5 Å². The molecule has 0 radical (unpaired) electrons. The third-order valence-corrected chi connectivity index (χ3v) is 1.35. The molecule has 1 rings (SSSR count). The highest BCUT2D eigenvalue weighted by Gasteiger charge is 2.31. The van der Waals surface area contributed by atoms with Crippen LogP contribution < -0.4 is 0 Å². The van der Waals surface area contributed by atoms with Crippen LogP contribution in [0.2, 0.25) is 0 Å². The maximum Gasteiger partial charge on any atom is 0.357 e. The van der Waals surface area contributed by atoms with Gasteiger partial charge in [0, 0.05) is 5.56 Å². The summed E-state index contributed by atoms with van der Waals surface area (Å²) in [6, 6.07) is 5.31. The SMILES string of the molecule is N#CC(F)(F)c1cccc(O)c1. The van der Waals surface area contributed by atoms with Crippen molar-refractivity contribution >= 4 is 0 Å². The first-order valence-corrected chi connectivity index (χ1v) is 3.15. The van der Waals surface area contributed by atoms with Crippen molar-refractivity contribution in [2.24, 2.45) is 0 Å². The number of phenolic OH excluding ortho intramolecular Hbond substituents is 1. The molecule has 0 aromatic heterocycles. The quantitative estimate of drug-likeness (QED) is 0.698. The van der Waals surface area contributed by atoms with Crippen molar-refractivity contribution in [3.05, 3.63) is 29.8 Å². The molecule has 0 heterocycles. The highest BCUT2D eigenvalue weighted by Crippen LogP contribution is 2.28. The summed E-state index contributed by atoms with van der Waals surface area (Å²) in [6.07, 6.45) is 0. The Bertz CT molecular complexity index is 330. The Morgan fingerprint density at radius 1 is 1.42 bits per heavy atom. The summed E-state index contributed by atoms with van der Waals surface area (Å²) in [4.78, 5) is 0. The number of hydrogen-bond acceptors (Lipinski definition) is 2. The Kier molecular flexibility index (Phi) is 1.96. The molecular weight excluding hydrogens is 164 g/mol. The van der Waals surface area contributed by atoms with Gasteiger partial charge in [0.25, 0.3) is 0 Å². The van der Waals surface area contributed by atoms with Gasteiger partial charge >= 0.3 is 5.92 Å². The van der Waals surface area contributed by atoms with Crippen molar-refractivity contribution < 1.29 is 13.9 Å². The van der Waals surface area contributed by atoms with E-state index in [0.717, 1.165) is 18.2 Å². The zero-order valence-corrected chi connectivity index (χ0v) is 5.96. The minimum atomic E-state index is -3.53. The molecule has 0 saturated heterocycles. The van der Waals surface area contributed by atoms with Crippen molar-refractivity contribution in [3.8, 4) is 11.8 Å². The molecule has 0 fully saturated rings. The van der Waals surface area contributed by atoms with Gasteiger partial charge in [-0.25, -0.2) is 0 Å². The first-order chi connectivity index (χ1) is 5.56. The average Bonchev–Trinajstić information content (AvgIpc) is 2.05. The Labute approximate surface area is 67.7 Å². The molecule has 2 nitrogen and oxygen atoms in total. The van der Waals surface area contributed by atoms with E-state index in [9.17, 15) is 8.78 Å². The smallest absolute Gasteiger partial charge is 0.357 e. The summed E-state index contributed by atoms with van der Waals surface area (Å²) in [7, 11) is 0.